The summed E-state index contributed by atoms with van der Waals surface area (Å²) in [7, 11) is 1.80. The number of aromatic nitrogens is 5. The van der Waals surface area contributed by atoms with Crippen molar-refractivity contribution in [3.63, 3.8) is 0 Å². The first-order valence-corrected chi connectivity index (χ1v) is 16.0. The number of guanidine groups is 1. The molecule has 4 aromatic rings. The number of hydrogen-bond donors (Lipinski definition) is 3. The number of aryl methyl sites for hydroxylation is 1. The quantitative estimate of drug-likeness (QED) is 0.168. The van der Waals surface area contributed by atoms with Crippen molar-refractivity contribution in [1.82, 2.24) is 40.1 Å². The van der Waals surface area contributed by atoms with Gasteiger partial charge in [0.05, 0.1) is 22.4 Å². The van der Waals surface area contributed by atoms with Crippen molar-refractivity contribution in [2.24, 2.45) is 12.5 Å². The number of carbonyl (C=O) groups excluding carboxylic acids is 2. The van der Waals surface area contributed by atoms with Gasteiger partial charge in [0.2, 0.25) is 0 Å². The van der Waals surface area contributed by atoms with E-state index in [2.05, 4.69) is 25.8 Å². The highest BCUT2D eigenvalue weighted by atomic mass is 35.5. The number of amides is 2. The molecule has 2 aromatic heterocycles. The average Bonchev–Trinajstić information content (AvgIpc) is 3.45. The molecule has 0 bridgehead atoms. The Morgan fingerprint density at radius 3 is 2.48 bits per heavy atom. The number of carbonyl (C=O) groups is 2. The summed E-state index contributed by atoms with van der Waals surface area (Å²) in [6.45, 7) is 5.24. The first-order chi connectivity index (χ1) is 23.5. The molecule has 3 heterocycles. The van der Waals surface area contributed by atoms with Crippen LogP contribution in [0.4, 0.5) is 22.4 Å². The first kappa shape index (κ1) is 34.9. The summed E-state index contributed by atoms with van der Waals surface area (Å²) in [6, 6.07) is 10.7. The lowest BCUT2D eigenvalue weighted by molar-refractivity contribution is -0.134. The summed E-state index contributed by atoms with van der Waals surface area (Å²) >= 11 is 6.42. The number of benzene rings is 2. The first-order valence-electron chi connectivity index (χ1n) is 15.6. The molecule has 12 nitrogen and oxygen atoms in total. The molecule has 1 saturated heterocycles. The number of hydrogen-bond acceptors (Lipinski definition) is 7. The van der Waals surface area contributed by atoms with E-state index in [-0.39, 0.29) is 28.7 Å². The number of alkyl halides is 4. The van der Waals surface area contributed by atoms with Crippen molar-refractivity contribution in [2.75, 3.05) is 6.61 Å². The molecule has 2 fully saturated rings. The van der Waals surface area contributed by atoms with Crippen LogP contribution in [0.25, 0.3) is 16.9 Å². The summed E-state index contributed by atoms with van der Waals surface area (Å²) in [5.74, 6) is -4.64. The van der Waals surface area contributed by atoms with Crippen molar-refractivity contribution in [1.29, 1.82) is 5.41 Å². The third kappa shape index (κ3) is 6.75. The Kier molecular flexibility index (Phi) is 8.87. The largest absolute Gasteiger partial charge is 0.447 e. The van der Waals surface area contributed by atoms with E-state index in [1.165, 1.54) is 18.2 Å². The monoisotopic (exact) mass is 715 g/mol. The lowest BCUT2D eigenvalue weighted by atomic mass is 9.75. The topological polar surface area (TPSA) is 143 Å². The van der Waals surface area contributed by atoms with Gasteiger partial charge in [0, 0.05) is 25.2 Å². The number of halogens is 5. The van der Waals surface area contributed by atoms with Crippen LogP contribution in [0.3, 0.4) is 0 Å². The summed E-state index contributed by atoms with van der Waals surface area (Å²) < 4.78 is 62.5. The fourth-order valence-corrected chi connectivity index (χ4v) is 6.34. The lowest BCUT2D eigenvalue weighted by Gasteiger charge is -2.35. The van der Waals surface area contributed by atoms with E-state index in [1.807, 2.05) is 45.2 Å². The Hall–Kier alpha value is -4.99. The summed E-state index contributed by atoms with van der Waals surface area (Å²) in [5.41, 5.74) is 0.386. The molecule has 0 unspecified atom stereocenters. The van der Waals surface area contributed by atoms with E-state index >= 15 is 0 Å². The van der Waals surface area contributed by atoms with Crippen LogP contribution in [-0.4, -0.2) is 66.0 Å². The maximum Gasteiger partial charge on any atom is 0.407 e. The second-order valence-corrected chi connectivity index (χ2v) is 14.0. The predicted octanol–water partition coefficient (Wildman–Crippen LogP) is 6.13. The Labute approximate surface area is 289 Å². The lowest BCUT2D eigenvalue weighted by Crippen LogP contribution is -2.47. The fraction of sp³-hybridized carbons (Fsp3) is 0.394. The molecule has 1 aliphatic heterocycles. The van der Waals surface area contributed by atoms with E-state index in [9.17, 15) is 27.2 Å². The molecular weight excluding hydrogens is 682 g/mol. The summed E-state index contributed by atoms with van der Waals surface area (Å²) in [4.78, 5) is 32.2. The zero-order chi connectivity index (χ0) is 36.2. The minimum Gasteiger partial charge on any atom is -0.447 e. The highest BCUT2D eigenvalue weighted by Gasteiger charge is 2.58. The normalized spacial score (nSPS) is 20.6. The molecule has 3 atom stereocenters. The molecule has 6 rings (SSSR count). The number of rotatable bonds is 10. The van der Waals surface area contributed by atoms with Crippen molar-refractivity contribution in [2.45, 2.75) is 63.6 Å². The third-order valence-corrected chi connectivity index (χ3v) is 8.81. The smallest absolute Gasteiger partial charge is 0.407 e. The maximum atomic E-state index is 14.8. The van der Waals surface area contributed by atoms with Gasteiger partial charge in [-0.05, 0) is 41.2 Å². The molecule has 3 N–H and O–H groups in total. The van der Waals surface area contributed by atoms with Crippen molar-refractivity contribution in [3.8, 4) is 16.9 Å². The minimum atomic E-state index is -3.06. The molecule has 2 aromatic carbocycles. The summed E-state index contributed by atoms with van der Waals surface area (Å²) in [6.07, 6.45) is -1.71. The number of nitrogens with zero attached hydrogens (tertiary/aromatic N) is 6. The molecule has 50 heavy (non-hydrogen) atoms. The molecule has 0 spiro atoms. The van der Waals surface area contributed by atoms with E-state index in [1.54, 1.807) is 23.9 Å². The van der Waals surface area contributed by atoms with Gasteiger partial charge in [0.1, 0.15) is 24.5 Å². The zero-order valence-corrected chi connectivity index (χ0v) is 28.2. The average molecular weight is 716 g/mol. The fourth-order valence-electron chi connectivity index (χ4n) is 6.14. The van der Waals surface area contributed by atoms with Crippen LogP contribution >= 0.6 is 11.6 Å². The van der Waals surface area contributed by atoms with E-state index in [0.717, 1.165) is 27.2 Å². The highest BCUT2D eigenvalue weighted by molar-refractivity contribution is 6.32. The Morgan fingerprint density at radius 2 is 1.88 bits per heavy atom. The number of nitrogens with one attached hydrogen (secondary N) is 3. The van der Waals surface area contributed by atoms with Crippen molar-refractivity contribution >= 4 is 29.6 Å². The van der Waals surface area contributed by atoms with Crippen LogP contribution in [-0.2, 0) is 22.1 Å². The van der Waals surface area contributed by atoms with Gasteiger partial charge < -0.3 is 15.4 Å². The van der Waals surface area contributed by atoms with Gasteiger partial charge in [-0.25, -0.2) is 32.0 Å². The van der Waals surface area contributed by atoms with Crippen LogP contribution in [0, 0.1) is 10.8 Å². The molecule has 1 aliphatic carbocycles. The highest BCUT2D eigenvalue weighted by Crippen LogP contribution is 2.44. The standard InChI is InChI=1S/C33H34ClF4N9O3/c1-31(2,3)16-32(20-8-5-18(6-9-20)22-11-12-45(4)44-22)28(48)46(29(39)43-32)24(15-50-30(49)42-25-14-33(25,37)38)19-7-10-21(34)23(13-19)47-27(26(35)36)40-17-41-47/h5-13,17,24-26H,14-16H2,1-4H3,(H2,39,43)(H,42,49)/t24-,25+,32-/m1/s1. The van der Waals surface area contributed by atoms with Gasteiger partial charge >= 0.3 is 6.09 Å². The second-order valence-electron chi connectivity index (χ2n) is 13.6. The maximum absolute atomic E-state index is 14.8. The van der Waals surface area contributed by atoms with Gasteiger partial charge in [0.25, 0.3) is 18.3 Å². The van der Waals surface area contributed by atoms with E-state index < -0.39 is 66.2 Å². The van der Waals surface area contributed by atoms with Gasteiger partial charge in [-0.3, -0.25) is 19.8 Å². The Balaban J connectivity index is 1.40. The Morgan fingerprint density at radius 1 is 1.18 bits per heavy atom. The predicted molar refractivity (Wildman–Crippen MR) is 174 cm³/mol. The number of alkyl carbamates (subject to hydrolysis) is 1. The van der Waals surface area contributed by atoms with Crippen LogP contribution in [0.2, 0.25) is 5.02 Å². The summed E-state index contributed by atoms with van der Waals surface area (Å²) in [5, 5.41) is 22.6. The van der Waals surface area contributed by atoms with E-state index in [0.29, 0.717) is 5.56 Å². The van der Waals surface area contributed by atoms with Gasteiger partial charge in [0.15, 0.2) is 11.8 Å². The zero-order valence-electron chi connectivity index (χ0n) is 27.4. The molecule has 2 amide bonds. The van der Waals surface area contributed by atoms with Crippen LogP contribution in [0.15, 0.2) is 61.1 Å². The van der Waals surface area contributed by atoms with Crippen molar-refractivity contribution < 1.29 is 31.9 Å². The van der Waals surface area contributed by atoms with Gasteiger partial charge in [-0.1, -0.05) is 62.7 Å². The molecular formula is C33H34ClF4N9O3. The van der Waals surface area contributed by atoms with Gasteiger partial charge in [-0.15, -0.1) is 0 Å². The number of ether oxygens (including phenoxy) is 1. The van der Waals surface area contributed by atoms with Crippen LogP contribution in [0.5, 0.6) is 0 Å². The Bertz CT molecular complexity index is 1940. The molecule has 0 radical (unpaired) electrons. The van der Waals surface area contributed by atoms with Crippen LogP contribution < -0.4 is 10.6 Å². The molecule has 264 valence electrons. The molecule has 2 aliphatic rings. The third-order valence-electron chi connectivity index (χ3n) is 8.49. The molecule has 1 saturated carbocycles. The second kappa shape index (κ2) is 12.7. The van der Waals surface area contributed by atoms with Crippen LogP contribution in [0.1, 0.15) is 63.0 Å². The van der Waals surface area contributed by atoms with Crippen molar-refractivity contribution in [3.05, 3.63) is 83.0 Å². The van der Waals surface area contributed by atoms with Gasteiger partial charge in [-0.2, -0.15) is 10.2 Å². The van der Waals surface area contributed by atoms with E-state index in [4.69, 9.17) is 21.7 Å². The SMILES string of the molecule is Cn1ccc(-c2ccc([C@@]3(CC(C)(C)C)NC(=N)N([C@H](COC(=O)N[C@H]4CC4(F)F)c4ccc(Cl)c(-n5ncnc5C(F)F)c4)C3=O)cc2)n1. The molecule has 17 heteroatoms. The minimum absolute atomic E-state index is 0.0127.